The molecule has 5 nitrogen and oxygen atoms in total. The summed E-state index contributed by atoms with van der Waals surface area (Å²) in [4.78, 5) is 12.3. The molecule has 1 atom stereocenters. The van der Waals surface area contributed by atoms with Crippen LogP contribution in [0.2, 0.25) is 0 Å². The van der Waals surface area contributed by atoms with Crippen LogP contribution in [-0.2, 0) is 5.41 Å². The van der Waals surface area contributed by atoms with Gasteiger partial charge in [0.25, 0.3) is 0 Å². The Bertz CT molecular complexity index is 612. The van der Waals surface area contributed by atoms with Crippen molar-refractivity contribution in [1.82, 2.24) is 16.0 Å². The lowest BCUT2D eigenvalue weighted by atomic mass is 9.77. The molecule has 1 aromatic carbocycles. The van der Waals surface area contributed by atoms with Gasteiger partial charge in [0.1, 0.15) is 0 Å². The highest BCUT2D eigenvalue weighted by Gasteiger charge is 2.36. The summed E-state index contributed by atoms with van der Waals surface area (Å²) in [6.45, 7) is 6.70. The number of hydrogen-bond acceptors (Lipinski definition) is 3. The number of carbonyl (C=O) groups excluding carboxylic acids is 1. The second-order valence-electron chi connectivity index (χ2n) is 8.40. The monoisotopic (exact) mass is 359 g/mol. The molecule has 0 aromatic heterocycles. The van der Waals surface area contributed by atoms with Crippen LogP contribution >= 0.6 is 0 Å². The third-order valence-corrected chi connectivity index (χ3v) is 6.01. The lowest BCUT2D eigenvalue weighted by Crippen LogP contribution is -2.54. The molecule has 144 valence electrons. The number of urea groups is 1. The highest BCUT2D eigenvalue weighted by atomic mass is 16.3. The standard InChI is InChI=1S/C21H33N3O2/c1-16-10-17(2)12-18(11-16)20(6-3-4-7-20)13-23-19(25)24-15-21(26)8-5-9-22-14-21/h10-12,22,26H,3-9,13-15H2,1-2H3,(H2,23,24,25)/t21-/m0/s1. The van der Waals surface area contributed by atoms with Crippen LogP contribution in [0.5, 0.6) is 0 Å². The molecule has 1 saturated heterocycles. The summed E-state index contributed by atoms with van der Waals surface area (Å²) in [6.07, 6.45) is 6.32. The quantitative estimate of drug-likeness (QED) is 0.653. The smallest absolute Gasteiger partial charge is 0.314 e. The number of nitrogens with one attached hydrogen (secondary N) is 3. The van der Waals surface area contributed by atoms with Gasteiger partial charge in [-0.2, -0.15) is 0 Å². The van der Waals surface area contributed by atoms with Crippen molar-refractivity contribution in [2.45, 2.75) is 63.4 Å². The van der Waals surface area contributed by atoms with E-state index in [1.807, 2.05) is 0 Å². The molecule has 1 aromatic rings. The average molecular weight is 360 g/mol. The Labute approximate surface area is 156 Å². The Kier molecular flexibility index (Phi) is 5.88. The Morgan fingerprint density at radius 3 is 2.31 bits per heavy atom. The number of carbonyl (C=O) groups is 1. The molecule has 0 unspecified atom stereocenters. The largest absolute Gasteiger partial charge is 0.387 e. The van der Waals surface area contributed by atoms with Crippen molar-refractivity contribution in [1.29, 1.82) is 0 Å². The van der Waals surface area contributed by atoms with Gasteiger partial charge in [0.15, 0.2) is 0 Å². The zero-order valence-electron chi connectivity index (χ0n) is 16.2. The van der Waals surface area contributed by atoms with Crippen LogP contribution in [0.3, 0.4) is 0 Å². The van der Waals surface area contributed by atoms with Crippen molar-refractivity contribution in [2.24, 2.45) is 0 Å². The third kappa shape index (κ3) is 4.57. The van der Waals surface area contributed by atoms with E-state index < -0.39 is 5.60 Å². The molecule has 1 heterocycles. The van der Waals surface area contributed by atoms with Crippen LogP contribution in [0.1, 0.15) is 55.2 Å². The Balaban J connectivity index is 1.59. The predicted molar refractivity (Wildman–Crippen MR) is 105 cm³/mol. The second-order valence-corrected chi connectivity index (χ2v) is 8.40. The van der Waals surface area contributed by atoms with Gasteiger partial charge in [-0.25, -0.2) is 4.79 Å². The number of piperidine rings is 1. The van der Waals surface area contributed by atoms with Crippen molar-refractivity contribution >= 4 is 6.03 Å². The highest BCUT2D eigenvalue weighted by molar-refractivity contribution is 5.74. The molecule has 4 N–H and O–H groups in total. The maximum absolute atomic E-state index is 12.3. The van der Waals surface area contributed by atoms with Crippen LogP contribution in [0.4, 0.5) is 4.79 Å². The first-order valence-corrected chi connectivity index (χ1v) is 9.95. The minimum Gasteiger partial charge on any atom is -0.387 e. The minimum atomic E-state index is -0.825. The van der Waals surface area contributed by atoms with Crippen LogP contribution < -0.4 is 16.0 Å². The molecular weight excluding hydrogens is 326 g/mol. The Morgan fingerprint density at radius 1 is 1.04 bits per heavy atom. The van der Waals surface area contributed by atoms with Gasteiger partial charge in [-0.3, -0.25) is 0 Å². The molecule has 2 amide bonds. The second kappa shape index (κ2) is 7.97. The van der Waals surface area contributed by atoms with Crippen LogP contribution in [0, 0.1) is 13.8 Å². The van der Waals surface area contributed by atoms with E-state index in [4.69, 9.17) is 0 Å². The van der Waals surface area contributed by atoms with Crippen molar-refractivity contribution in [3.05, 3.63) is 34.9 Å². The molecule has 0 radical (unpaired) electrons. The number of benzene rings is 1. The normalized spacial score (nSPS) is 25.0. The van der Waals surface area contributed by atoms with Gasteiger partial charge in [0.05, 0.1) is 5.60 Å². The fourth-order valence-electron chi connectivity index (χ4n) is 4.56. The number of amides is 2. The van der Waals surface area contributed by atoms with Crippen molar-refractivity contribution in [2.75, 3.05) is 26.2 Å². The van der Waals surface area contributed by atoms with Gasteiger partial charge in [0.2, 0.25) is 0 Å². The summed E-state index contributed by atoms with van der Waals surface area (Å²) in [5.74, 6) is 0. The predicted octanol–water partition coefficient (Wildman–Crippen LogP) is 2.53. The molecule has 5 heteroatoms. The van der Waals surface area contributed by atoms with E-state index in [0.717, 1.165) is 32.2 Å². The van der Waals surface area contributed by atoms with Gasteiger partial charge in [-0.1, -0.05) is 42.2 Å². The van der Waals surface area contributed by atoms with E-state index >= 15 is 0 Å². The Morgan fingerprint density at radius 2 is 1.69 bits per heavy atom. The fraction of sp³-hybridized carbons (Fsp3) is 0.667. The third-order valence-electron chi connectivity index (χ3n) is 6.01. The van der Waals surface area contributed by atoms with Crippen molar-refractivity contribution < 1.29 is 9.90 Å². The fourth-order valence-corrected chi connectivity index (χ4v) is 4.56. The van der Waals surface area contributed by atoms with Gasteiger partial charge < -0.3 is 21.1 Å². The molecule has 1 aliphatic carbocycles. The first-order chi connectivity index (χ1) is 12.4. The number of aliphatic hydroxyl groups is 1. The zero-order chi connectivity index (χ0) is 18.6. The lowest BCUT2D eigenvalue weighted by molar-refractivity contribution is 0.0194. The summed E-state index contributed by atoms with van der Waals surface area (Å²) < 4.78 is 0. The molecule has 1 saturated carbocycles. The highest BCUT2D eigenvalue weighted by Crippen LogP contribution is 2.41. The SMILES string of the molecule is Cc1cc(C)cc(C2(CNC(=O)NC[C@]3(O)CCCNC3)CCCC2)c1. The first-order valence-electron chi connectivity index (χ1n) is 9.95. The zero-order valence-corrected chi connectivity index (χ0v) is 16.2. The lowest BCUT2D eigenvalue weighted by Gasteiger charge is -2.33. The maximum atomic E-state index is 12.3. The summed E-state index contributed by atoms with van der Waals surface area (Å²) in [5.41, 5.74) is 3.12. The van der Waals surface area contributed by atoms with Gasteiger partial charge in [-0.05, 0) is 51.6 Å². The molecule has 2 fully saturated rings. The molecule has 1 aliphatic heterocycles. The summed E-state index contributed by atoms with van der Waals surface area (Å²) in [7, 11) is 0. The van der Waals surface area contributed by atoms with E-state index in [1.165, 1.54) is 29.5 Å². The van der Waals surface area contributed by atoms with E-state index in [2.05, 4.69) is 48.0 Å². The topological polar surface area (TPSA) is 73.4 Å². The molecule has 0 bridgehead atoms. The van der Waals surface area contributed by atoms with Crippen molar-refractivity contribution in [3.8, 4) is 0 Å². The minimum absolute atomic E-state index is 0.0391. The summed E-state index contributed by atoms with van der Waals surface area (Å²) >= 11 is 0. The number of rotatable bonds is 5. The Hall–Kier alpha value is -1.59. The van der Waals surface area contributed by atoms with Gasteiger partial charge in [-0.15, -0.1) is 0 Å². The average Bonchev–Trinajstić information content (AvgIpc) is 3.08. The van der Waals surface area contributed by atoms with Crippen LogP contribution in [0.25, 0.3) is 0 Å². The molecule has 3 rings (SSSR count). The number of hydrogen-bond donors (Lipinski definition) is 4. The van der Waals surface area contributed by atoms with E-state index in [-0.39, 0.29) is 11.4 Å². The molecular formula is C21H33N3O2. The molecule has 26 heavy (non-hydrogen) atoms. The van der Waals surface area contributed by atoms with Gasteiger partial charge in [0, 0.05) is 25.0 Å². The van der Waals surface area contributed by atoms with E-state index in [9.17, 15) is 9.90 Å². The van der Waals surface area contributed by atoms with E-state index in [0.29, 0.717) is 19.6 Å². The van der Waals surface area contributed by atoms with Gasteiger partial charge >= 0.3 is 6.03 Å². The van der Waals surface area contributed by atoms with E-state index in [1.54, 1.807) is 0 Å². The molecule has 2 aliphatic rings. The summed E-state index contributed by atoms with van der Waals surface area (Å²) in [6, 6.07) is 6.56. The number of aryl methyl sites for hydroxylation is 2. The van der Waals surface area contributed by atoms with Crippen LogP contribution in [-0.4, -0.2) is 42.9 Å². The van der Waals surface area contributed by atoms with Crippen LogP contribution in [0.15, 0.2) is 18.2 Å². The molecule has 0 spiro atoms. The summed E-state index contributed by atoms with van der Waals surface area (Å²) in [5, 5.41) is 19.6. The number of β-amino-alcohol motifs (C(OH)–C–C–N with tert-alkyl or cyclic N) is 1. The first kappa shape index (κ1) is 19.2. The van der Waals surface area contributed by atoms with Crippen molar-refractivity contribution in [3.63, 3.8) is 0 Å². The maximum Gasteiger partial charge on any atom is 0.314 e.